The number of phenolic OH excluding ortho intramolecular Hbond substituents is 1. The van der Waals surface area contributed by atoms with Crippen molar-refractivity contribution in [1.82, 2.24) is 4.90 Å². The Morgan fingerprint density at radius 1 is 1.44 bits per heavy atom. The van der Waals surface area contributed by atoms with Crippen LogP contribution in [0.3, 0.4) is 0 Å². The second-order valence-corrected chi connectivity index (χ2v) is 4.81. The van der Waals surface area contributed by atoms with Crippen molar-refractivity contribution >= 4 is 5.91 Å². The van der Waals surface area contributed by atoms with Crippen LogP contribution in [0.5, 0.6) is 5.75 Å². The molecule has 1 aliphatic heterocycles. The van der Waals surface area contributed by atoms with E-state index >= 15 is 0 Å². The van der Waals surface area contributed by atoms with E-state index < -0.39 is 5.82 Å². The molecule has 0 radical (unpaired) electrons. The number of hydrogen-bond acceptors (Lipinski definition) is 2. The molecule has 0 aliphatic carbocycles. The highest BCUT2D eigenvalue weighted by atomic mass is 19.1. The first-order valence-corrected chi connectivity index (χ1v) is 6.39. The highest BCUT2D eigenvalue weighted by Crippen LogP contribution is 2.23. The number of benzene rings is 1. The third kappa shape index (κ3) is 2.63. The maximum atomic E-state index is 13.6. The molecule has 1 heterocycles. The van der Waals surface area contributed by atoms with Crippen molar-refractivity contribution in [2.75, 3.05) is 13.1 Å². The fraction of sp³-hybridized carbons (Fsp3) is 0.500. The van der Waals surface area contributed by atoms with Crippen molar-refractivity contribution in [3.63, 3.8) is 0 Å². The lowest BCUT2D eigenvalue weighted by Crippen LogP contribution is -2.38. The average molecular weight is 251 g/mol. The van der Waals surface area contributed by atoms with Crippen LogP contribution in [0, 0.1) is 11.7 Å². The van der Waals surface area contributed by atoms with Gasteiger partial charge in [0, 0.05) is 19.2 Å². The quantitative estimate of drug-likeness (QED) is 0.878. The molecular weight excluding hydrogens is 233 g/mol. The van der Waals surface area contributed by atoms with E-state index in [2.05, 4.69) is 6.92 Å². The SMILES string of the molecule is CCC1CCN(C(=O)c2ccc(O)cc2F)CC1. The summed E-state index contributed by atoms with van der Waals surface area (Å²) in [6.07, 6.45) is 3.11. The summed E-state index contributed by atoms with van der Waals surface area (Å²) in [5.74, 6) is -0.410. The molecule has 1 aliphatic rings. The second kappa shape index (κ2) is 5.38. The summed E-state index contributed by atoms with van der Waals surface area (Å²) in [6.45, 7) is 3.54. The number of phenols is 1. The van der Waals surface area contributed by atoms with E-state index in [-0.39, 0.29) is 17.2 Å². The number of nitrogens with zero attached hydrogens (tertiary/aromatic N) is 1. The van der Waals surface area contributed by atoms with E-state index in [1.807, 2.05) is 0 Å². The summed E-state index contributed by atoms with van der Waals surface area (Å²) in [5, 5.41) is 9.13. The Labute approximate surface area is 106 Å². The van der Waals surface area contributed by atoms with Crippen molar-refractivity contribution < 1.29 is 14.3 Å². The lowest BCUT2D eigenvalue weighted by molar-refractivity contribution is 0.0684. The van der Waals surface area contributed by atoms with Gasteiger partial charge in [0.05, 0.1) is 5.56 Å². The maximum Gasteiger partial charge on any atom is 0.256 e. The van der Waals surface area contributed by atoms with Crippen molar-refractivity contribution in [3.8, 4) is 5.75 Å². The summed E-state index contributed by atoms with van der Waals surface area (Å²) in [6, 6.07) is 3.67. The molecule has 18 heavy (non-hydrogen) atoms. The van der Waals surface area contributed by atoms with Crippen molar-refractivity contribution in [3.05, 3.63) is 29.6 Å². The first-order valence-electron chi connectivity index (χ1n) is 6.39. The fourth-order valence-electron chi connectivity index (χ4n) is 2.39. The molecule has 1 amide bonds. The van der Waals surface area contributed by atoms with Crippen LogP contribution in [-0.2, 0) is 0 Å². The molecule has 1 aromatic carbocycles. The molecule has 0 spiro atoms. The normalized spacial score (nSPS) is 16.9. The summed E-state index contributed by atoms with van der Waals surface area (Å²) in [7, 11) is 0. The van der Waals surface area contributed by atoms with Gasteiger partial charge < -0.3 is 10.0 Å². The minimum atomic E-state index is -0.655. The van der Waals surface area contributed by atoms with Gasteiger partial charge in [0.25, 0.3) is 5.91 Å². The molecule has 0 bridgehead atoms. The number of hydrogen-bond donors (Lipinski definition) is 1. The van der Waals surface area contributed by atoms with Crippen LogP contribution in [0.2, 0.25) is 0 Å². The number of carbonyl (C=O) groups is 1. The fourth-order valence-corrected chi connectivity index (χ4v) is 2.39. The number of piperidine rings is 1. The number of amides is 1. The summed E-state index contributed by atoms with van der Waals surface area (Å²) in [5.41, 5.74) is 0.0442. The van der Waals surface area contributed by atoms with Crippen LogP contribution in [0.15, 0.2) is 18.2 Å². The third-order valence-corrected chi connectivity index (χ3v) is 3.66. The van der Waals surface area contributed by atoms with Gasteiger partial charge in [-0.1, -0.05) is 13.3 Å². The molecule has 0 atom stereocenters. The second-order valence-electron chi connectivity index (χ2n) is 4.81. The Hall–Kier alpha value is -1.58. The van der Waals surface area contributed by atoms with Crippen molar-refractivity contribution in [1.29, 1.82) is 0 Å². The number of halogens is 1. The van der Waals surface area contributed by atoms with Gasteiger partial charge in [0.1, 0.15) is 11.6 Å². The zero-order chi connectivity index (χ0) is 13.1. The molecule has 2 rings (SSSR count). The van der Waals surface area contributed by atoms with Gasteiger partial charge in [-0.2, -0.15) is 0 Å². The molecule has 3 nitrogen and oxygen atoms in total. The minimum absolute atomic E-state index is 0.0442. The Bertz CT molecular complexity index is 439. The number of carbonyl (C=O) groups excluding carboxylic acids is 1. The molecule has 0 unspecified atom stereocenters. The Kier molecular flexibility index (Phi) is 3.84. The van der Waals surface area contributed by atoms with Crippen molar-refractivity contribution in [2.45, 2.75) is 26.2 Å². The topological polar surface area (TPSA) is 40.5 Å². The van der Waals surface area contributed by atoms with E-state index in [0.717, 1.165) is 25.3 Å². The molecule has 1 N–H and O–H groups in total. The molecule has 1 aromatic rings. The monoisotopic (exact) mass is 251 g/mol. The van der Waals surface area contributed by atoms with Crippen molar-refractivity contribution in [2.24, 2.45) is 5.92 Å². The molecule has 1 saturated heterocycles. The van der Waals surface area contributed by atoms with Crippen LogP contribution >= 0.6 is 0 Å². The third-order valence-electron chi connectivity index (χ3n) is 3.66. The maximum absolute atomic E-state index is 13.6. The van der Waals surface area contributed by atoms with Crippen LogP contribution in [0.4, 0.5) is 4.39 Å². The van der Waals surface area contributed by atoms with E-state index in [1.54, 1.807) is 4.90 Å². The number of rotatable bonds is 2. The Morgan fingerprint density at radius 3 is 2.67 bits per heavy atom. The smallest absolute Gasteiger partial charge is 0.256 e. The molecule has 98 valence electrons. The van der Waals surface area contributed by atoms with Crippen LogP contribution < -0.4 is 0 Å². The predicted molar refractivity (Wildman–Crippen MR) is 67.0 cm³/mol. The highest BCUT2D eigenvalue weighted by Gasteiger charge is 2.24. The summed E-state index contributed by atoms with van der Waals surface area (Å²) >= 11 is 0. The van der Waals surface area contributed by atoms with E-state index in [4.69, 9.17) is 5.11 Å². The minimum Gasteiger partial charge on any atom is -0.508 e. The lowest BCUT2D eigenvalue weighted by atomic mass is 9.94. The first kappa shape index (κ1) is 12.9. The number of aromatic hydroxyl groups is 1. The summed E-state index contributed by atoms with van der Waals surface area (Å²) < 4.78 is 13.6. The van der Waals surface area contributed by atoms with Gasteiger partial charge in [-0.25, -0.2) is 4.39 Å². The Balaban J connectivity index is 2.08. The van der Waals surface area contributed by atoms with Gasteiger partial charge in [0.2, 0.25) is 0 Å². The van der Waals surface area contributed by atoms with Gasteiger partial charge in [-0.3, -0.25) is 4.79 Å². The molecule has 1 fully saturated rings. The van der Waals surface area contributed by atoms with Gasteiger partial charge in [-0.15, -0.1) is 0 Å². The molecule has 0 saturated carbocycles. The van der Waals surface area contributed by atoms with Gasteiger partial charge >= 0.3 is 0 Å². The molecular formula is C14H18FNO2. The zero-order valence-corrected chi connectivity index (χ0v) is 10.5. The summed E-state index contributed by atoms with van der Waals surface area (Å²) in [4.78, 5) is 13.8. The van der Waals surface area contributed by atoms with E-state index in [0.29, 0.717) is 19.0 Å². The zero-order valence-electron chi connectivity index (χ0n) is 10.5. The highest BCUT2D eigenvalue weighted by molar-refractivity contribution is 5.94. The van der Waals surface area contributed by atoms with Crippen LogP contribution in [0.25, 0.3) is 0 Å². The average Bonchev–Trinajstić information content (AvgIpc) is 2.38. The van der Waals surface area contributed by atoms with E-state index in [1.165, 1.54) is 12.1 Å². The molecule has 0 aromatic heterocycles. The largest absolute Gasteiger partial charge is 0.508 e. The predicted octanol–water partition coefficient (Wildman–Crippen LogP) is 2.79. The first-order chi connectivity index (χ1) is 8.61. The lowest BCUT2D eigenvalue weighted by Gasteiger charge is -2.31. The van der Waals surface area contributed by atoms with Crippen LogP contribution in [0.1, 0.15) is 36.5 Å². The van der Waals surface area contributed by atoms with Crippen LogP contribution in [-0.4, -0.2) is 29.0 Å². The number of likely N-dealkylation sites (tertiary alicyclic amines) is 1. The standard InChI is InChI=1S/C14H18FNO2/c1-2-10-5-7-16(8-6-10)14(18)12-4-3-11(17)9-13(12)15/h3-4,9-10,17H,2,5-8H2,1H3. The molecule has 4 heteroatoms. The van der Waals surface area contributed by atoms with Gasteiger partial charge in [-0.05, 0) is 30.9 Å². The van der Waals surface area contributed by atoms with Gasteiger partial charge in [0.15, 0.2) is 0 Å². The van der Waals surface area contributed by atoms with E-state index in [9.17, 15) is 9.18 Å². The Morgan fingerprint density at radius 2 is 2.11 bits per heavy atom.